The van der Waals surface area contributed by atoms with Crippen LogP contribution in [0.2, 0.25) is 5.02 Å². The van der Waals surface area contributed by atoms with E-state index in [1.54, 1.807) is 37.1 Å². The van der Waals surface area contributed by atoms with Crippen LogP contribution in [-0.4, -0.2) is 33.9 Å². The van der Waals surface area contributed by atoms with Crippen molar-refractivity contribution in [2.24, 2.45) is 0 Å². The normalized spacial score (nSPS) is 13.6. The minimum absolute atomic E-state index is 0.0558. The Bertz CT molecular complexity index is 1650. The Morgan fingerprint density at radius 2 is 2.00 bits per heavy atom. The van der Waals surface area contributed by atoms with Crippen molar-refractivity contribution in [2.75, 3.05) is 14.2 Å². The summed E-state index contributed by atoms with van der Waals surface area (Å²) >= 11 is 7.38. The molecule has 0 saturated heterocycles. The van der Waals surface area contributed by atoms with E-state index < -0.39 is 0 Å². The predicted octanol–water partition coefficient (Wildman–Crippen LogP) is 5.57. The first kappa shape index (κ1) is 21.9. The first-order valence-electron chi connectivity index (χ1n) is 11.0. The number of thiophene rings is 1. The lowest BCUT2D eigenvalue weighted by Gasteiger charge is -2.17. The molecule has 3 heterocycles. The molecule has 0 unspecified atom stereocenters. The van der Waals surface area contributed by atoms with E-state index in [0.29, 0.717) is 49.3 Å². The molecule has 1 aliphatic rings. The van der Waals surface area contributed by atoms with Gasteiger partial charge in [-0.05, 0) is 42.5 Å². The Morgan fingerprint density at radius 1 is 1.23 bits per heavy atom. The van der Waals surface area contributed by atoms with Gasteiger partial charge in [-0.1, -0.05) is 17.7 Å². The van der Waals surface area contributed by atoms with Crippen molar-refractivity contribution in [1.29, 1.82) is 0 Å². The molecule has 10 heteroatoms. The number of hydrogen-bond donors (Lipinski definition) is 1. The Hall–Kier alpha value is -3.56. The summed E-state index contributed by atoms with van der Waals surface area (Å²) in [6, 6.07) is 7.17. The number of nitrogens with zero attached hydrogens (tertiary/aromatic N) is 3. The monoisotopic (exact) mass is 509 g/mol. The molecular weight excluding hydrogens is 490 g/mol. The van der Waals surface area contributed by atoms with Gasteiger partial charge in [0.15, 0.2) is 23.6 Å². The highest BCUT2D eigenvalue weighted by molar-refractivity contribution is 7.25. The fourth-order valence-electron chi connectivity index (χ4n) is 4.43. The number of halogens is 1. The molecule has 1 fully saturated rings. The second kappa shape index (κ2) is 8.28. The summed E-state index contributed by atoms with van der Waals surface area (Å²) in [5.41, 5.74) is 1.60. The third kappa shape index (κ3) is 3.54. The SMILES string of the molecule is COc1cc(-c2nc3sc4c(O)c(Cl)ccc4c3c(=O)n2Cc2cnco2)c(C2CC2)cc1OC. The summed E-state index contributed by atoms with van der Waals surface area (Å²) < 4.78 is 18.7. The lowest BCUT2D eigenvalue weighted by Crippen LogP contribution is -2.24. The van der Waals surface area contributed by atoms with Crippen molar-refractivity contribution in [2.45, 2.75) is 25.3 Å². The molecule has 8 nitrogen and oxygen atoms in total. The maximum absolute atomic E-state index is 14.0. The summed E-state index contributed by atoms with van der Waals surface area (Å²) in [7, 11) is 3.18. The molecule has 35 heavy (non-hydrogen) atoms. The van der Waals surface area contributed by atoms with E-state index in [0.717, 1.165) is 24.0 Å². The number of phenolic OH excluding ortho intramolecular Hbond substituents is 1. The first-order valence-corrected chi connectivity index (χ1v) is 12.2. The van der Waals surface area contributed by atoms with Gasteiger partial charge in [0.05, 0.1) is 42.1 Å². The van der Waals surface area contributed by atoms with Crippen LogP contribution in [0.15, 0.2) is 46.1 Å². The van der Waals surface area contributed by atoms with Crippen LogP contribution in [0.4, 0.5) is 0 Å². The highest BCUT2D eigenvalue weighted by Gasteiger charge is 2.31. The van der Waals surface area contributed by atoms with E-state index in [-0.39, 0.29) is 22.9 Å². The van der Waals surface area contributed by atoms with E-state index in [2.05, 4.69) is 4.98 Å². The van der Waals surface area contributed by atoms with E-state index in [1.165, 1.54) is 17.7 Å². The van der Waals surface area contributed by atoms with Crippen molar-refractivity contribution in [1.82, 2.24) is 14.5 Å². The fraction of sp³-hybridized carbons (Fsp3) is 0.240. The van der Waals surface area contributed by atoms with Crippen LogP contribution in [0.25, 0.3) is 31.7 Å². The molecule has 0 aliphatic heterocycles. The molecule has 0 radical (unpaired) electrons. The van der Waals surface area contributed by atoms with Gasteiger partial charge in [0.25, 0.3) is 5.56 Å². The molecule has 0 amide bonds. The Balaban J connectivity index is 1.70. The molecule has 0 spiro atoms. The standard InChI is InChI=1S/C25H20ClN3O5S/c1-32-18-7-15(12-3-4-12)16(8-19(18)33-2)23-28-24-20(14-5-6-17(26)21(30)22(14)35-24)25(31)29(23)10-13-9-27-11-34-13/h5-9,11-12,30H,3-4,10H2,1-2H3. The van der Waals surface area contributed by atoms with Gasteiger partial charge in [0, 0.05) is 10.9 Å². The molecule has 178 valence electrons. The first-order chi connectivity index (χ1) is 17.0. The third-order valence-electron chi connectivity index (χ3n) is 6.30. The van der Waals surface area contributed by atoms with Crippen LogP contribution >= 0.6 is 22.9 Å². The summed E-state index contributed by atoms with van der Waals surface area (Å²) in [5.74, 6) is 2.48. The second-order valence-corrected chi connectivity index (χ2v) is 9.82. The van der Waals surface area contributed by atoms with Crippen molar-refractivity contribution < 1.29 is 19.0 Å². The summed E-state index contributed by atoms with van der Waals surface area (Å²) in [6.07, 6.45) is 5.00. The molecule has 0 atom stereocenters. The zero-order valence-electron chi connectivity index (χ0n) is 18.9. The fourth-order valence-corrected chi connectivity index (χ4v) is 5.76. The average Bonchev–Trinajstić information content (AvgIpc) is 3.45. The lowest BCUT2D eigenvalue weighted by molar-refractivity contribution is 0.354. The summed E-state index contributed by atoms with van der Waals surface area (Å²) in [6.45, 7) is 0.145. The minimum Gasteiger partial charge on any atom is -0.505 e. The number of aromatic nitrogens is 3. The molecule has 6 rings (SSSR count). The molecule has 3 aromatic heterocycles. The van der Waals surface area contributed by atoms with Crippen LogP contribution in [0, 0.1) is 0 Å². The van der Waals surface area contributed by atoms with Gasteiger partial charge in [0.1, 0.15) is 16.4 Å². The van der Waals surface area contributed by atoms with Gasteiger partial charge >= 0.3 is 0 Å². The smallest absolute Gasteiger partial charge is 0.263 e. The largest absolute Gasteiger partial charge is 0.505 e. The second-order valence-electron chi connectivity index (χ2n) is 8.42. The maximum Gasteiger partial charge on any atom is 0.263 e. The van der Waals surface area contributed by atoms with E-state index in [4.69, 9.17) is 30.5 Å². The third-order valence-corrected chi connectivity index (χ3v) is 7.71. The number of ether oxygens (including phenoxy) is 2. The van der Waals surface area contributed by atoms with E-state index in [1.807, 2.05) is 12.1 Å². The molecular formula is C25H20ClN3O5S. The summed E-state index contributed by atoms with van der Waals surface area (Å²) in [5, 5.41) is 11.8. The number of aromatic hydroxyl groups is 1. The van der Waals surface area contributed by atoms with Crippen LogP contribution < -0.4 is 15.0 Å². The van der Waals surface area contributed by atoms with Crippen molar-refractivity contribution >= 4 is 43.2 Å². The number of rotatable bonds is 6. The van der Waals surface area contributed by atoms with Crippen molar-refractivity contribution in [3.8, 4) is 28.6 Å². The topological polar surface area (TPSA) is 99.6 Å². The van der Waals surface area contributed by atoms with Gasteiger partial charge in [0.2, 0.25) is 0 Å². The Morgan fingerprint density at radius 3 is 2.69 bits per heavy atom. The predicted molar refractivity (Wildman–Crippen MR) is 134 cm³/mol. The molecule has 0 bridgehead atoms. The number of fused-ring (bicyclic) bond motifs is 3. The Labute approximate surface area is 208 Å². The van der Waals surface area contributed by atoms with Crippen LogP contribution in [0.5, 0.6) is 17.2 Å². The highest BCUT2D eigenvalue weighted by Crippen LogP contribution is 2.48. The van der Waals surface area contributed by atoms with E-state index in [9.17, 15) is 9.90 Å². The number of oxazole rings is 1. The van der Waals surface area contributed by atoms with Crippen LogP contribution in [-0.2, 0) is 6.54 Å². The highest BCUT2D eigenvalue weighted by atomic mass is 35.5. The lowest BCUT2D eigenvalue weighted by atomic mass is 10.0. The zero-order valence-corrected chi connectivity index (χ0v) is 20.4. The van der Waals surface area contributed by atoms with Gasteiger partial charge < -0.3 is 19.0 Å². The van der Waals surface area contributed by atoms with Gasteiger partial charge in [-0.15, -0.1) is 11.3 Å². The number of phenols is 1. The molecule has 1 N–H and O–H groups in total. The average molecular weight is 510 g/mol. The quantitative estimate of drug-likeness (QED) is 0.319. The van der Waals surface area contributed by atoms with Gasteiger partial charge in [-0.25, -0.2) is 9.97 Å². The number of methoxy groups -OCH3 is 2. The van der Waals surface area contributed by atoms with E-state index >= 15 is 0 Å². The van der Waals surface area contributed by atoms with Gasteiger partial charge in [-0.2, -0.15) is 0 Å². The molecule has 5 aromatic rings. The zero-order chi connectivity index (χ0) is 24.3. The Kier molecular flexibility index (Phi) is 5.19. The maximum atomic E-state index is 14.0. The summed E-state index contributed by atoms with van der Waals surface area (Å²) in [4.78, 5) is 23.5. The minimum atomic E-state index is -0.245. The number of benzene rings is 2. The molecule has 2 aromatic carbocycles. The van der Waals surface area contributed by atoms with Crippen LogP contribution in [0.1, 0.15) is 30.1 Å². The van der Waals surface area contributed by atoms with Crippen molar-refractivity contribution in [3.63, 3.8) is 0 Å². The van der Waals surface area contributed by atoms with Crippen LogP contribution in [0.3, 0.4) is 0 Å². The van der Waals surface area contributed by atoms with Gasteiger partial charge in [-0.3, -0.25) is 9.36 Å². The number of hydrogen-bond acceptors (Lipinski definition) is 8. The van der Waals surface area contributed by atoms with Crippen molar-refractivity contribution in [3.05, 3.63) is 63.6 Å². The molecule has 1 saturated carbocycles. The molecule has 1 aliphatic carbocycles.